The van der Waals surface area contributed by atoms with Crippen molar-refractivity contribution in [1.82, 2.24) is 0 Å². The van der Waals surface area contributed by atoms with Crippen LogP contribution in [0, 0.1) is 0 Å². The van der Waals surface area contributed by atoms with Crippen LogP contribution in [0.4, 0.5) is 17.1 Å². The molecule has 5 rings (SSSR count). The van der Waals surface area contributed by atoms with E-state index in [0.29, 0.717) is 0 Å². The smallest absolute Gasteiger partial charge is 0.135 e. The molecule has 1 heterocycles. The van der Waals surface area contributed by atoms with Crippen molar-refractivity contribution < 1.29 is 4.42 Å². The van der Waals surface area contributed by atoms with Crippen molar-refractivity contribution in [3.8, 4) is 0 Å². The summed E-state index contributed by atoms with van der Waals surface area (Å²) in [7, 11) is 0. The van der Waals surface area contributed by atoms with Crippen LogP contribution in [0.15, 0.2) is 120 Å². The fraction of sp³-hybridized carbons (Fsp3) is 0.0625. The topological polar surface area (TPSA) is 16.4 Å². The van der Waals surface area contributed by atoms with E-state index in [2.05, 4.69) is 109 Å². The van der Waals surface area contributed by atoms with Gasteiger partial charge in [-0.2, -0.15) is 0 Å². The van der Waals surface area contributed by atoms with Gasteiger partial charge in [0.15, 0.2) is 0 Å². The minimum atomic E-state index is 0.791. The Morgan fingerprint density at radius 2 is 1.65 bits per heavy atom. The molecular formula is C32H27NO. The van der Waals surface area contributed by atoms with E-state index in [9.17, 15) is 0 Å². The lowest BCUT2D eigenvalue weighted by Gasteiger charge is -2.25. The van der Waals surface area contributed by atoms with Gasteiger partial charge in [0.2, 0.25) is 0 Å². The minimum absolute atomic E-state index is 0.791. The van der Waals surface area contributed by atoms with Crippen molar-refractivity contribution in [1.29, 1.82) is 0 Å². The zero-order valence-electron chi connectivity index (χ0n) is 19.3. The molecule has 0 fully saturated rings. The molecule has 34 heavy (non-hydrogen) atoms. The quantitative estimate of drug-likeness (QED) is 0.296. The number of hydrogen-bond acceptors (Lipinski definition) is 2. The summed E-state index contributed by atoms with van der Waals surface area (Å²) in [4.78, 5) is 2.28. The second-order valence-electron chi connectivity index (χ2n) is 8.17. The standard InChI is InChI=1S/C32H27NO/c1-3-12-29-30-23-28(21-22-32(30)34-31(29)4-2)33(26-15-10-7-11-16-26)27-19-17-25(18-20-27)24-13-8-5-6-9-14-24/h3-5,7-23H,2,6H2,1H3/b12-3-. The average molecular weight is 442 g/mol. The van der Waals surface area contributed by atoms with Gasteiger partial charge in [0.25, 0.3) is 0 Å². The van der Waals surface area contributed by atoms with Crippen LogP contribution >= 0.6 is 0 Å². The second kappa shape index (κ2) is 9.68. The molecule has 0 saturated heterocycles. The van der Waals surface area contributed by atoms with Crippen molar-refractivity contribution in [3.63, 3.8) is 0 Å². The number of nitrogens with zero attached hydrogens (tertiary/aromatic N) is 1. The molecule has 0 unspecified atom stereocenters. The molecule has 0 bridgehead atoms. The second-order valence-corrected chi connectivity index (χ2v) is 8.17. The SMILES string of the molecule is C=Cc1oc2ccc(N(c3ccccc3)c3ccc(C4=CC=CCC=C4)cc3)cc2c1/C=C\C. The van der Waals surface area contributed by atoms with Crippen LogP contribution in [0.3, 0.4) is 0 Å². The van der Waals surface area contributed by atoms with Crippen molar-refractivity contribution in [2.75, 3.05) is 4.90 Å². The Balaban J connectivity index is 1.62. The maximum atomic E-state index is 6.03. The molecule has 166 valence electrons. The lowest BCUT2D eigenvalue weighted by Crippen LogP contribution is -2.09. The molecule has 1 aromatic heterocycles. The lowest BCUT2D eigenvalue weighted by molar-refractivity contribution is 0.603. The van der Waals surface area contributed by atoms with Crippen molar-refractivity contribution in [2.45, 2.75) is 13.3 Å². The van der Waals surface area contributed by atoms with Crippen LogP contribution in [0.2, 0.25) is 0 Å². The molecule has 3 aromatic carbocycles. The Morgan fingerprint density at radius 3 is 2.41 bits per heavy atom. The molecular weight excluding hydrogens is 414 g/mol. The zero-order chi connectivity index (χ0) is 23.3. The predicted molar refractivity (Wildman–Crippen MR) is 147 cm³/mol. The van der Waals surface area contributed by atoms with Crippen molar-refractivity contribution in [3.05, 3.63) is 133 Å². The van der Waals surface area contributed by atoms with Gasteiger partial charge in [-0.3, -0.25) is 0 Å². The van der Waals surface area contributed by atoms with Crippen LogP contribution in [0.1, 0.15) is 30.2 Å². The number of allylic oxidation sites excluding steroid dienone is 7. The van der Waals surface area contributed by atoms with Gasteiger partial charge in [0.1, 0.15) is 11.3 Å². The van der Waals surface area contributed by atoms with E-state index in [-0.39, 0.29) is 0 Å². The molecule has 1 aliphatic rings. The highest BCUT2D eigenvalue weighted by Crippen LogP contribution is 2.38. The first-order valence-corrected chi connectivity index (χ1v) is 11.6. The molecule has 1 aliphatic carbocycles. The van der Waals surface area contributed by atoms with E-state index in [1.165, 1.54) is 11.1 Å². The number of anilines is 3. The van der Waals surface area contributed by atoms with E-state index in [1.807, 2.05) is 25.1 Å². The third kappa shape index (κ3) is 4.18. The summed E-state index contributed by atoms with van der Waals surface area (Å²) in [6, 6.07) is 25.6. The Labute approximate surface area is 201 Å². The summed E-state index contributed by atoms with van der Waals surface area (Å²) in [5, 5.41) is 1.07. The number of benzene rings is 3. The maximum Gasteiger partial charge on any atom is 0.135 e. The third-order valence-electron chi connectivity index (χ3n) is 5.97. The van der Waals surface area contributed by atoms with E-state index < -0.39 is 0 Å². The van der Waals surface area contributed by atoms with Crippen molar-refractivity contribution >= 4 is 45.8 Å². The highest BCUT2D eigenvalue weighted by atomic mass is 16.3. The Kier molecular flexibility index (Phi) is 6.13. The maximum absolute atomic E-state index is 6.03. The van der Waals surface area contributed by atoms with Gasteiger partial charge in [-0.05, 0) is 73.0 Å². The summed E-state index contributed by atoms with van der Waals surface area (Å²) in [5.74, 6) is 0.791. The zero-order valence-corrected chi connectivity index (χ0v) is 19.3. The van der Waals surface area contributed by atoms with Crippen LogP contribution in [0.25, 0.3) is 28.7 Å². The Bertz CT molecular complexity index is 1430. The minimum Gasteiger partial charge on any atom is -0.456 e. The fourth-order valence-electron chi connectivity index (χ4n) is 4.35. The summed E-state index contributed by atoms with van der Waals surface area (Å²) >= 11 is 0. The van der Waals surface area contributed by atoms with Gasteiger partial charge in [-0.15, -0.1) is 0 Å². The first kappa shape index (κ1) is 21.5. The fourth-order valence-corrected chi connectivity index (χ4v) is 4.35. The van der Waals surface area contributed by atoms with E-state index >= 15 is 0 Å². The largest absolute Gasteiger partial charge is 0.456 e. The first-order valence-electron chi connectivity index (χ1n) is 11.6. The molecule has 0 spiro atoms. The lowest BCUT2D eigenvalue weighted by atomic mass is 10.0. The molecule has 0 atom stereocenters. The third-order valence-corrected chi connectivity index (χ3v) is 5.97. The highest BCUT2D eigenvalue weighted by Gasteiger charge is 2.16. The molecule has 0 amide bonds. The molecule has 2 nitrogen and oxygen atoms in total. The molecule has 2 heteroatoms. The molecule has 0 N–H and O–H groups in total. The van der Waals surface area contributed by atoms with Crippen LogP contribution < -0.4 is 4.90 Å². The summed E-state index contributed by atoms with van der Waals surface area (Å²) in [5.41, 5.74) is 7.61. The summed E-state index contributed by atoms with van der Waals surface area (Å²) in [6.07, 6.45) is 17.7. The summed E-state index contributed by atoms with van der Waals surface area (Å²) < 4.78 is 6.03. The number of furan rings is 1. The van der Waals surface area contributed by atoms with Gasteiger partial charge in [0.05, 0.1) is 0 Å². The summed E-state index contributed by atoms with van der Waals surface area (Å²) in [6.45, 7) is 5.94. The molecule has 0 saturated carbocycles. The predicted octanol–water partition coefficient (Wildman–Crippen LogP) is 9.48. The van der Waals surface area contributed by atoms with Gasteiger partial charge in [-0.1, -0.05) is 79.4 Å². The monoisotopic (exact) mass is 441 g/mol. The number of rotatable bonds is 6. The molecule has 4 aromatic rings. The van der Waals surface area contributed by atoms with E-state index in [0.717, 1.165) is 45.8 Å². The molecule has 0 radical (unpaired) electrons. The highest BCUT2D eigenvalue weighted by molar-refractivity contribution is 5.95. The van der Waals surface area contributed by atoms with Crippen LogP contribution in [-0.2, 0) is 0 Å². The van der Waals surface area contributed by atoms with Gasteiger partial charge < -0.3 is 9.32 Å². The number of para-hydroxylation sites is 1. The van der Waals surface area contributed by atoms with Gasteiger partial charge >= 0.3 is 0 Å². The van der Waals surface area contributed by atoms with Crippen LogP contribution in [-0.4, -0.2) is 0 Å². The van der Waals surface area contributed by atoms with E-state index in [4.69, 9.17) is 4.42 Å². The molecule has 0 aliphatic heterocycles. The van der Waals surface area contributed by atoms with Gasteiger partial charge in [0, 0.05) is 28.0 Å². The Hall–Kier alpha value is -4.30. The number of hydrogen-bond donors (Lipinski definition) is 0. The van der Waals surface area contributed by atoms with Gasteiger partial charge in [-0.25, -0.2) is 0 Å². The van der Waals surface area contributed by atoms with Crippen molar-refractivity contribution in [2.24, 2.45) is 0 Å². The first-order chi connectivity index (χ1) is 16.8. The number of fused-ring (bicyclic) bond motifs is 1. The normalized spacial score (nSPS) is 13.3. The Morgan fingerprint density at radius 1 is 0.882 bits per heavy atom. The van der Waals surface area contributed by atoms with E-state index in [1.54, 1.807) is 6.08 Å². The average Bonchev–Trinajstić information content (AvgIpc) is 3.04. The van der Waals surface area contributed by atoms with Crippen LogP contribution in [0.5, 0.6) is 0 Å².